The van der Waals surface area contributed by atoms with Gasteiger partial charge in [-0.05, 0) is 29.7 Å². The summed E-state index contributed by atoms with van der Waals surface area (Å²) < 4.78 is 6.91. The van der Waals surface area contributed by atoms with E-state index < -0.39 is 0 Å². The van der Waals surface area contributed by atoms with E-state index in [1.165, 1.54) is 13.4 Å². The lowest BCUT2D eigenvalue weighted by atomic mass is 9.92. The number of nitrogens with zero attached hydrogens (tertiary/aromatic N) is 4. The maximum atomic E-state index is 12.8. The second-order valence-corrected chi connectivity index (χ2v) is 6.87. The van der Waals surface area contributed by atoms with Crippen molar-refractivity contribution in [2.24, 2.45) is 0 Å². The predicted molar refractivity (Wildman–Crippen MR) is 103 cm³/mol. The monoisotopic (exact) mass is 382 g/mol. The number of benzene rings is 2. The van der Waals surface area contributed by atoms with E-state index in [1.54, 1.807) is 4.90 Å². The van der Waals surface area contributed by atoms with Crippen LogP contribution >= 0.6 is 11.6 Å². The fraction of sp³-hybridized carbons (Fsp3) is 0.250. The van der Waals surface area contributed by atoms with Crippen LogP contribution in [0.1, 0.15) is 29.6 Å². The van der Waals surface area contributed by atoms with Crippen molar-refractivity contribution < 1.29 is 9.53 Å². The normalized spacial score (nSPS) is 19.0. The molecule has 0 aliphatic carbocycles. The summed E-state index contributed by atoms with van der Waals surface area (Å²) in [5, 5.41) is 5.06. The summed E-state index contributed by atoms with van der Waals surface area (Å²) in [4.78, 5) is 18.9. The minimum Gasteiger partial charge on any atom is -0.375 e. The van der Waals surface area contributed by atoms with Gasteiger partial charge in [-0.25, -0.2) is 4.68 Å². The van der Waals surface area contributed by atoms with Gasteiger partial charge in [-0.3, -0.25) is 9.69 Å². The fourth-order valence-electron chi connectivity index (χ4n) is 3.59. The van der Waals surface area contributed by atoms with Crippen LogP contribution in [0.15, 0.2) is 60.9 Å². The maximum absolute atomic E-state index is 12.8. The number of hydrogen-bond acceptors (Lipinski definition) is 4. The SMILES string of the molecule is COCC(=O)N1c2ncnn2[C@H](c2ccccc2)C[C@@H]1c1ccc(Cl)cc1. The van der Waals surface area contributed by atoms with Crippen LogP contribution in [0.5, 0.6) is 0 Å². The van der Waals surface area contributed by atoms with Crippen LogP contribution < -0.4 is 4.90 Å². The first kappa shape index (κ1) is 17.7. The number of ether oxygens (including phenoxy) is 1. The Balaban J connectivity index is 1.82. The van der Waals surface area contributed by atoms with E-state index in [1.807, 2.05) is 47.1 Å². The molecule has 0 unspecified atom stereocenters. The fourth-order valence-corrected chi connectivity index (χ4v) is 3.72. The standard InChI is InChI=1S/C20H19ClN4O2/c1-27-12-19(26)24-17(15-7-9-16(21)10-8-15)11-18(14-5-3-2-4-6-14)25-20(24)22-13-23-25/h2-10,13,17-18H,11-12H2,1H3/t17-,18+/m1/s1. The highest BCUT2D eigenvalue weighted by atomic mass is 35.5. The van der Waals surface area contributed by atoms with Gasteiger partial charge < -0.3 is 4.74 Å². The molecule has 0 radical (unpaired) electrons. The van der Waals surface area contributed by atoms with Crippen LogP contribution in [0.25, 0.3) is 0 Å². The van der Waals surface area contributed by atoms with Gasteiger partial charge in [-0.2, -0.15) is 10.1 Å². The Bertz CT molecular complexity index is 927. The molecule has 0 saturated carbocycles. The number of fused-ring (bicyclic) bond motifs is 1. The van der Waals surface area contributed by atoms with E-state index in [2.05, 4.69) is 22.2 Å². The van der Waals surface area contributed by atoms with Gasteiger partial charge in [0.2, 0.25) is 5.95 Å². The maximum Gasteiger partial charge on any atom is 0.255 e. The van der Waals surface area contributed by atoms with Crippen molar-refractivity contribution >= 4 is 23.5 Å². The first-order valence-corrected chi connectivity index (χ1v) is 9.07. The van der Waals surface area contributed by atoms with E-state index in [0.29, 0.717) is 17.4 Å². The lowest BCUT2D eigenvalue weighted by Gasteiger charge is -2.39. The summed E-state index contributed by atoms with van der Waals surface area (Å²) in [6, 6.07) is 17.5. The van der Waals surface area contributed by atoms with Gasteiger partial charge in [0.05, 0.1) is 12.1 Å². The highest BCUT2D eigenvalue weighted by Gasteiger charge is 2.39. The Morgan fingerprint density at radius 2 is 1.81 bits per heavy atom. The Morgan fingerprint density at radius 1 is 1.11 bits per heavy atom. The molecule has 0 N–H and O–H groups in total. The van der Waals surface area contributed by atoms with Gasteiger partial charge in [0.15, 0.2) is 0 Å². The van der Waals surface area contributed by atoms with Crippen LogP contribution in [0.2, 0.25) is 5.02 Å². The molecule has 2 atom stereocenters. The van der Waals surface area contributed by atoms with Crippen LogP contribution in [-0.2, 0) is 9.53 Å². The van der Waals surface area contributed by atoms with Crippen LogP contribution in [0.4, 0.5) is 5.95 Å². The zero-order valence-electron chi connectivity index (χ0n) is 14.8. The van der Waals surface area contributed by atoms with Crippen molar-refractivity contribution in [3.8, 4) is 0 Å². The topological polar surface area (TPSA) is 60.2 Å². The minimum absolute atomic E-state index is 0.0176. The molecule has 4 rings (SSSR count). The van der Waals surface area contributed by atoms with Gasteiger partial charge in [0, 0.05) is 12.1 Å². The predicted octanol–water partition coefficient (Wildman–Crippen LogP) is 3.65. The summed E-state index contributed by atoms with van der Waals surface area (Å²) in [5.74, 6) is 0.371. The van der Waals surface area contributed by atoms with Crippen molar-refractivity contribution in [1.29, 1.82) is 0 Å². The molecule has 3 aromatic rings. The molecule has 27 heavy (non-hydrogen) atoms. The number of hydrogen-bond donors (Lipinski definition) is 0. The zero-order chi connectivity index (χ0) is 18.8. The molecule has 2 heterocycles. The number of rotatable bonds is 4. The van der Waals surface area contributed by atoms with Gasteiger partial charge in [-0.15, -0.1) is 0 Å². The highest BCUT2D eigenvalue weighted by Crippen LogP contribution is 2.41. The largest absolute Gasteiger partial charge is 0.375 e. The molecular formula is C20H19ClN4O2. The number of amides is 1. The molecule has 1 amide bonds. The van der Waals surface area contributed by atoms with Crippen molar-refractivity contribution in [3.05, 3.63) is 77.1 Å². The second kappa shape index (κ2) is 7.50. The summed E-state index contributed by atoms with van der Waals surface area (Å²) in [6.07, 6.45) is 2.17. The molecule has 6 nitrogen and oxygen atoms in total. The van der Waals surface area contributed by atoms with E-state index >= 15 is 0 Å². The van der Waals surface area contributed by atoms with Gasteiger partial charge in [-0.1, -0.05) is 54.1 Å². The van der Waals surface area contributed by atoms with E-state index in [9.17, 15) is 4.79 Å². The highest BCUT2D eigenvalue weighted by molar-refractivity contribution is 6.30. The number of carbonyl (C=O) groups is 1. The van der Waals surface area contributed by atoms with Crippen molar-refractivity contribution in [2.75, 3.05) is 18.6 Å². The molecule has 0 bridgehead atoms. The molecule has 1 aliphatic heterocycles. The van der Waals surface area contributed by atoms with Gasteiger partial charge in [0.1, 0.15) is 12.9 Å². The van der Waals surface area contributed by atoms with Gasteiger partial charge >= 0.3 is 0 Å². The number of halogens is 1. The van der Waals surface area contributed by atoms with E-state index in [0.717, 1.165) is 11.1 Å². The Morgan fingerprint density at radius 3 is 2.52 bits per heavy atom. The molecule has 1 aromatic heterocycles. The third-order valence-corrected chi connectivity index (χ3v) is 5.05. The minimum atomic E-state index is -0.188. The third-order valence-electron chi connectivity index (χ3n) is 4.80. The lowest BCUT2D eigenvalue weighted by Crippen LogP contribution is -2.44. The molecule has 0 fully saturated rings. The molecule has 0 saturated heterocycles. The molecule has 138 valence electrons. The number of anilines is 1. The van der Waals surface area contributed by atoms with Crippen LogP contribution in [-0.4, -0.2) is 34.4 Å². The first-order valence-electron chi connectivity index (χ1n) is 8.70. The molecule has 1 aliphatic rings. The van der Waals surface area contributed by atoms with Crippen LogP contribution in [0, 0.1) is 0 Å². The van der Waals surface area contributed by atoms with Crippen molar-refractivity contribution in [1.82, 2.24) is 14.8 Å². The second-order valence-electron chi connectivity index (χ2n) is 6.43. The summed E-state index contributed by atoms with van der Waals surface area (Å²) >= 11 is 6.06. The number of aromatic nitrogens is 3. The average Bonchev–Trinajstić information content (AvgIpc) is 3.18. The Hall–Kier alpha value is -2.70. The van der Waals surface area contributed by atoms with E-state index in [4.69, 9.17) is 16.3 Å². The smallest absolute Gasteiger partial charge is 0.255 e. The summed E-state index contributed by atoms with van der Waals surface area (Å²) in [7, 11) is 1.51. The molecule has 7 heteroatoms. The number of carbonyl (C=O) groups excluding carboxylic acids is 1. The Kier molecular flexibility index (Phi) is 4.92. The summed E-state index contributed by atoms with van der Waals surface area (Å²) in [5.41, 5.74) is 2.13. The molecule has 0 spiro atoms. The Labute approximate surface area is 162 Å². The van der Waals surface area contributed by atoms with Crippen molar-refractivity contribution in [3.63, 3.8) is 0 Å². The summed E-state index contributed by atoms with van der Waals surface area (Å²) in [6.45, 7) is -0.0209. The van der Waals surface area contributed by atoms with Crippen LogP contribution in [0.3, 0.4) is 0 Å². The molecular weight excluding hydrogens is 364 g/mol. The number of methoxy groups -OCH3 is 1. The third kappa shape index (κ3) is 3.34. The van der Waals surface area contributed by atoms with Crippen molar-refractivity contribution in [2.45, 2.75) is 18.5 Å². The average molecular weight is 383 g/mol. The quantitative estimate of drug-likeness (QED) is 0.691. The first-order chi connectivity index (χ1) is 13.2. The lowest BCUT2D eigenvalue weighted by molar-refractivity contribution is -0.123. The molecule has 2 aromatic carbocycles. The van der Waals surface area contributed by atoms with E-state index in [-0.39, 0.29) is 24.6 Å². The zero-order valence-corrected chi connectivity index (χ0v) is 15.6. The van der Waals surface area contributed by atoms with Gasteiger partial charge in [0.25, 0.3) is 5.91 Å².